The molecule has 2 N–H and O–H groups in total. The molecular formula is C22H46O2Se2. The van der Waals surface area contributed by atoms with E-state index in [1.807, 2.05) is 0 Å². The van der Waals surface area contributed by atoms with E-state index in [9.17, 15) is 10.2 Å². The molecule has 158 valence electrons. The molecule has 0 bridgehead atoms. The summed E-state index contributed by atoms with van der Waals surface area (Å²) in [5.74, 6) is 0. The average molecular weight is 501 g/mol. The van der Waals surface area contributed by atoms with Crippen molar-refractivity contribution < 1.29 is 10.2 Å². The molecule has 0 heterocycles. The van der Waals surface area contributed by atoms with Gasteiger partial charge in [-0.05, 0) is 0 Å². The zero-order chi connectivity index (χ0) is 19.3. The van der Waals surface area contributed by atoms with E-state index >= 15 is 0 Å². The van der Waals surface area contributed by atoms with E-state index in [1.165, 1.54) is 103 Å². The normalized spacial score (nSPS) is 13.8. The van der Waals surface area contributed by atoms with Crippen LogP contribution >= 0.6 is 0 Å². The average Bonchev–Trinajstić information content (AvgIpc) is 2.64. The third-order valence-corrected chi connectivity index (χ3v) is 13.1. The molecule has 0 aromatic heterocycles. The monoisotopic (exact) mass is 502 g/mol. The van der Waals surface area contributed by atoms with Gasteiger partial charge in [0, 0.05) is 0 Å². The molecule has 0 aromatic carbocycles. The fourth-order valence-electron chi connectivity index (χ4n) is 3.13. The number of hydrogen-bond donors (Lipinski definition) is 2. The number of rotatable bonds is 21. The van der Waals surface area contributed by atoms with Gasteiger partial charge in [-0.2, -0.15) is 0 Å². The Morgan fingerprint density at radius 2 is 0.731 bits per heavy atom. The van der Waals surface area contributed by atoms with Gasteiger partial charge in [0.05, 0.1) is 0 Å². The Bertz CT molecular complexity index is 239. The van der Waals surface area contributed by atoms with Crippen molar-refractivity contribution in [2.45, 2.75) is 139 Å². The molecule has 0 aliphatic heterocycles. The predicted molar refractivity (Wildman–Crippen MR) is 118 cm³/mol. The van der Waals surface area contributed by atoms with Crippen LogP contribution in [0.3, 0.4) is 0 Å². The Hall–Kier alpha value is 0.959. The summed E-state index contributed by atoms with van der Waals surface area (Å²) in [7, 11) is 0. The van der Waals surface area contributed by atoms with Gasteiger partial charge in [-0.15, -0.1) is 0 Å². The first-order valence-corrected chi connectivity index (χ1v) is 17.7. The SMILES string of the molecule is CCCCCCCCCCC(O)[Se][Se]C(O)CCCCCCCCCC. The Labute approximate surface area is 175 Å². The van der Waals surface area contributed by atoms with Crippen molar-refractivity contribution in [1.29, 1.82) is 0 Å². The first-order chi connectivity index (χ1) is 12.7. The van der Waals surface area contributed by atoms with E-state index < -0.39 is 0 Å². The fourth-order valence-corrected chi connectivity index (χ4v) is 9.67. The predicted octanol–water partition coefficient (Wildman–Crippen LogP) is 6.01. The fraction of sp³-hybridized carbons (Fsp3) is 1.00. The van der Waals surface area contributed by atoms with Gasteiger partial charge in [0.25, 0.3) is 0 Å². The van der Waals surface area contributed by atoms with Crippen LogP contribution in [0.2, 0.25) is 0 Å². The number of hydrogen-bond acceptors (Lipinski definition) is 2. The van der Waals surface area contributed by atoms with Crippen molar-refractivity contribution in [1.82, 2.24) is 0 Å². The van der Waals surface area contributed by atoms with Gasteiger partial charge in [0.2, 0.25) is 0 Å². The molecule has 0 fully saturated rings. The minimum absolute atomic E-state index is 0.115. The van der Waals surface area contributed by atoms with E-state index in [4.69, 9.17) is 0 Å². The molecule has 0 aromatic rings. The van der Waals surface area contributed by atoms with Crippen molar-refractivity contribution in [3.63, 3.8) is 0 Å². The molecule has 0 radical (unpaired) electrons. The van der Waals surface area contributed by atoms with Crippen LogP contribution in [0, 0.1) is 0 Å². The van der Waals surface area contributed by atoms with E-state index in [0.717, 1.165) is 12.8 Å². The van der Waals surface area contributed by atoms with Crippen molar-refractivity contribution in [2.24, 2.45) is 0 Å². The summed E-state index contributed by atoms with van der Waals surface area (Å²) in [5.41, 5.74) is 0. The summed E-state index contributed by atoms with van der Waals surface area (Å²) < 4.78 is 0. The summed E-state index contributed by atoms with van der Waals surface area (Å²) in [6.07, 6.45) is 23.1. The van der Waals surface area contributed by atoms with Gasteiger partial charge in [-0.3, -0.25) is 0 Å². The van der Waals surface area contributed by atoms with Crippen LogP contribution in [0.1, 0.15) is 129 Å². The summed E-state index contributed by atoms with van der Waals surface area (Å²) in [6, 6.07) is 0. The van der Waals surface area contributed by atoms with Gasteiger partial charge >= 0.3 is 176 Å². The van der Waals surface area contributed by atoms with Crippen LogP contribution in [0.15, 0.2) is 0 Å². The molecule has 0 rings (SSSR count). The molecule has 2 nitrogen and oxygen atoms in total. The maximum absolute atomic E-state index is 10.1. The van der Waals surface area contributed by atoms with Gasteiger partial charge in [-0.25, -0.2) is 0 Å². The van der Waals surface area contributed by atoms with Gasteiger partial charge < -0.3 is 0 Å². The third kappa shape index (κ3) is 21.3. The topological polar surface area (TPSA) is 40.5 Å². The van der Waals surface area contributed by atoms with E-state index in [-0.39, 0.29) is 36.3 Å². The van der Waals surface area contributed by atoms with Crippen LogP contribution in [-0.2, 0) is 0 Å². The Balaban J connectivity index is 3.30. The summed E-state index contributed by atoms with van der Waals surface area (Å²) >= 11 is 0.515. The van der Waals surface area contributed by atoms with Crippen LogP contribution in [0.25, 0.3) is 0 Å². The van der Waals surface area contributed by atoms with Crippen molar-refractivity contribution >= 4 is 26.3 Å². The third-order valence-electron chi connectivity index (χ3n) is 4.89. The Morgan fingerprint density at radius 1 is 0.462 bits per heavy atom. The second-order valence-electron chi connectivity index (χ2n) is 7.63. The standard InChI is InChI=1S/C22H46O2Se2/c1-3-5-7-9-11-13-15-17-19-21(23)25-26-22(24)20-18-16-14-12-10-8-6-4-2/h21-24H,3-20H2,1-2H3. The molecule has 4 heteroatoms. The zero-order valence-corrected chi connectivity index (χ0v) is 21.0. The van der Waals surface area contributed by atoms with Crippen molar-refractivity contribution in [2.75, 3.05) is 0 Å². The number of aliphatic hydroxyl groups excluding tert-OH is 2. The maximum atomic E-state index is 10.1. The van der Waals surface area contributed by atoms with Crippen molar-refractivity contribution in [3.05, 3.63) is 0 Å². The van der Waals surface area contributed by atoms with Crippen LogP contribution in [0.5, 0.6) is 0 Å². The second kappa shape index (κ2) is 22.3. The molecule has 0 saturated carbocycles. The summed E-state index contributed by atoms with van der Waals surface area (Å²) in [6.45, 7) is 4.52. The Kier molecular flexibility index (Phi) is 23.1. The summed E-state index contributed by atoms with van der Waals surface area (Å²) in [5, 5.41) is 20.0. The molecule has 0 amide bonds. The van der Waals surface area contributed by atoms with Gasteiger partial charge in [-0.1, -0.05) is 0 Å². The molecule has 0 saturated heterocycles. The van der Waals surface area contributed by atoms with Crippen LogP contribution < -0.4 is 0 Å². The minimum atomic E-state index is -0.115. The molecule has 0 aliphatic rings. The van der Waals surface area contributed by atoms with E-state index in [2.05, 4.69) is 13.8 Å². The first-order valence-electron chi connectivity index (χ1n) is 11.4. The number of unbranched alkanes of at least 4 members (excludes halogenated alkanes) is 14. The zero-order valence-electron chi connectivity index (χ0n) is 17.6. The molecule has 0 aliphatic carbocycles. The Morgan fingerprint density at radius 3 is 1.04 bits per heavy atom. The molecule has 2 atom stereocenters. The second-order valence-corrected chi connectivity index (χ2v) is 14.9. The van der Waals surface area contributed by atoms with Crippen molar-refractivity contribution in [3.8, 4) is 0 Å². The number of aliphatic hydroxyl groups is 2. The van der Waals surface area contributed by atoms with Crippen LogP contribution in [-0.4, -0.2) is 46.5 Å². The van der Waals surface area contributed by atoms with E-state index in [1.54, 1.807) is 0 Å². The molecule has 0 spiro atoms. The molecule has 2 unspecified atom stereocenters. The molecular weight excluding hydrogens is 454 g/mol. The van der Waals surface area contributed by atoms with Gasteiger partial charge in [0.1, 0.15) is 0 Å². The van der Waals surface area contributed by atoms with E-state index in [0.29, 0.717) is 0 Å². The van der Waals surface area contributed by atoms with Crippen LogP contribution in [0.4, 0.5) is 0 Å². The van der Waals surface area contributed by atoms with Gasteiger partial charge in [0.15, 0.2) is 0 Å². The quantitative estimate of drug-likeness (QED) is 0.150. The molecule has 26 heavy (non-hydrogen) atoms. The first kappa shape index (κ1) is 27.0. The summed E-state index contributed by atoms with van der Waals surface area (Å²) in [4.78, 5) is 0.